The molecular formula is C50H64N11O12P. The van der Waals surface area contributed by atoms with Crippen LogP contribution in [0.25, 0.3) is 11.2 Å². The van der Waals surface area contributed by atoms with Gasteiger partial charge >= 0.3 is 19.5 Å². The lowest BCUT2D eigenvalue weighted by Gasteiger charge is -2.25. The molecule has 7 rings (SSSR count). The SMILES string of the molecule is C=C(COc1ccc(C(C)(C)C)cc1)Nc1nc2c(ncn2[C@H]2CC(OC(=O)COc3ccc(C(C)(C)C)cc3)[C@@H](COP(=O)(OCCC#N)OC3C[C@H](n4cnc(N=CN(C)C)nc4=O)O[C@@H]3CC)O2)c(=O)[nH]1. The van der Waals surface area contributed by atoms with Crippen molar-refractivity contribution in [3.05, 3.63) is 105 Å². The van der Waals surface area contributed by atoms with Crippen LogP contribution in [0.4, 0.5) is 11.9 Å². The van der Waals surface area contributed by atoms with Crippen LogP contribution in [0, 0.1) is 11.3 Å². The Morgan fingerprint density at radius 3 is 2.12 bits per heavy atom. The first-order chi connectivity index (χ1) is 35.1. The average molecular weight is 1040 g/mol. The predicted octanol–water partition coefficient (Wildman–Crippen LogP) is 7.01. The van der Waals surface area contributed by atoms with Crippen molar-refractivity contribution < 1.29 is 46.6 Å². The van der Waals surface area contributed by atoms with Gasteiger partial charge in [-0.3, -0.25) is 32.5 Å². The molecule has 396 valence electrons. The number of nitriles is 1. The third-order valence-electron chi connectivity index (χ3n) is 11.8. The molecule has 0 aliphatic carbocycles. The van der Waals surface area contributed by atoms with Gasteiger partial charge in [-0.2, -0.15) is 15.2 Å². The van der Waals surface area contributed by atoms with Gasteiger partial charge in [0.1, 0.15) is 49.1 Å². The maximum absolute atomic E-state index is 14.6. The fourth-order valence-corrected chi connectivity index (χ4v) is 9.30. The van der Waals surface area contributed by atoms with E-state index in [1.165, 1.54) is 28.1 Å². The standard InChI is InChI=1S/C50H64N11O12P/c1-11-36-38(24-41(70-36)61-30-54-46(58-48(61)64)53-28-59(9)10)73-74(65,68-22-12-21-51)69-26-39-37(72-42(62)27-67-35-19-15-33(16-20-35)50(6,7)8)23-40(71-39)60-29-52-43-44(60)56-47(57-45(43)63)55-31(2)25-66-34-17-13-32(14-18-34)49(3,4)5/h13-20,28-30,36-41H,2,11-12,22-27H2,1,3-10H3,(H2,55,56,57,63)/t36-,37?,38?,39-,40-,41-,74?/m1/s1. The van der Waals surface area contributed by atoms with Crippen LogP contribution in [-0.2, 0) is 48.0 Å². The fraction of sp³-hybridized carbons (Fsp3) is 0.500. The molecule has 0 spiro atoms. The largest absolute Gasteiger partial charge is 0.487 e. The molecule has 2 aromatic carbocycles. The smallest absolute Gasteiger partial charge is 0.475 e. The number of aromatic amines is 1. The quantitative estimate of drug-likeness (QED) is 0.0232. The second-order valence-electron chi connectivity index (χ2n) is 19.9. The van der Waals surface area contributed by atoms with Crippen molar-refractivity contribution in [1.29, 1.82) is 5.26 Å². The number of ether oxygens (including phenoxy) is 5. The molecule has 0 radical (unpaired) electrons. The normalized spacial score (nSPS) is 20.8. The summed E-state index contributed by atoms with van der Waals surface area (Å²) in [6.45, 7) is 17.3. The summed E-state index contributed by atoms with van der Waals surface area (Å²) in [6.07, 6.45) is -1.40. The average Bonchev–Trinajstić information content (AvgIpc) is 4.08. The highest BCUT2D eigenvalue weighted by Crippen LogP contribution is 2.54. The summed E-state index contributed by atoms with van der Waals surface area (Å²) in [7, 11) is -1.07. The molecule has 5 heterocycles. The lowest BCUT2D eigenvalue weighted by atomic mass is 9.87. The Kier molecular flexibility index (Phi) is 17.5. The minimum Gasteiger partial charge on any atom is -0.487 e. The van der Waals surface area contributed by atoms with Gasteiger partial charge in [0.15, 0.2) is 17.8 Å². The Morgan fingerprint density at radius 1 is 0.905 bits per heavy atom. The van der Waals surface area contributed by atoms with Gasteiger partial charge in [0.05, 0.1) is 50.6 Å². The van der Waals surface area contributed by atoms with E-state index in [4.69, 9.17) is 37.3 Å². The number of H-pyrrole nitrogens is 1. The Balaban J connectivity index is 1.09. The molecular weight excluding hydrogens is 978 g/mol. The van der Waals surface area contributed by atoms with Crippen LogP contribution >= 0.6 is 7.82 Å². The third-order valence-corrected chi connectivity index (χ3v) is 13.3. The van der Waals surface area contributed by atoms with E-state index in [1.807, 2.05) is 49.4 Å². The first-order valence-corrected chi connectivity index (χ1v) is 25.6. The highest BCUT2D eigenvalue weighted by atomic mass is 31.2. The number of hydrogen-bond donors (Lipinski definition) is 2. The third kappa shape index (κ3) is 14.3. The topological polar surface area (TPSA) is 271 Å². The molecule has 0 amide bonds. The Hall–Kier alpha value is -6.80. The first kappa shape index (κ1) is 55.0. The van der Waals surface area contributed by atoms with Crippen molar-refractivity contribution in [3.8, 4) is 17.6 Å². The maximum Gasteiger partial charge on any atom is 0.475 e. The summed E-state index contributed by atoms with van der Waals surface area (Å²) < 4.78 is 65.4. The Morgan fingerprint density at radius 2 is 1.51 bits per heavy atom. The molecule has 0 bridgehead atoms. The van der Waals surface area contributed by atoms with Gasteiger partial charge < -0.3 is 33.9 Å². The molecule has 2 N–H and O–H groups in total. The molecule has 24 heteroatoms. The number of nitrogens with zero attached hydrogens (tertiary/aromatic N) is 9. The molecule has 7 atom stereocenters. The maximum atomic E-state index is 14.6. The summed E-state index contributed by atoms with van der Waals surface area (Å²) in [6, 6.07) is 17.1. The van der Waals surface area contributed by atoms with Crippen LogP contribution in [0.2, 0.25) is 0 Å². The summed E-state index contributed by atoms with van der Waals surface area (Å²) in [4.78, 5) is 65.4. The van der Waals surface area contributed by atoms with Crippen LogP contribution in [0.15, 0.2) is 88.0 Å². The van der Waals surface area contributed by atoms with E-state index in [9.17, 15) is 24.2 Å². The van der Waals surface area contributed by atoms with Crippen LogP contribution < -0.4 is 26.0 Å². The van der Waals surface area contributed by atoms with Crippen molar-refractivity contribution in [2.24, 2.45) is 4.99 Å². The predicted molar refractivity (Wildman–Crippen MR) is 272 cm³/mol. The van der Waals surface area contributed by atoms with Crippen LogP contribution in [0.3, 0.4) is 0 Å². The second kappa shape index (κ2) is 23.6. The van der Waals surface area contributed by atoms with Crippen molar-refractivity contribution in [2.45, 2.75) is 122 Å². The molecule has 2 saturated heterocycles. The Labute approximate surface area is 428 Å². The number of nitrogens with one attached hydrogen (secondary N) is 2. The first-order valence-electron chi connectivity index (χ1n) is 24.1. The van der Waals surface area contributed by atoms with Gasteiger partial charge in [0, 0.05) is 32.6 Å². The van der Waals surface area contributed by atoms with Crippen LogP contribution in [-0.4, -0.2) is 116 Å². The van der Waals surface area contributed by atoms with Crippen molar-refractivity contribution in [3.63, 3.8) is 0 Å². The minimum absolute atomic E-state index is 0.00645. The number of carbonyl (C=O) groups excluding carboxylic acids is 1. The highest BCUT2D eigenvalue weighted by molar-refractivity contribution is 7.48. The number of aromatic nitrogens is 7. The molecule has 3 unspecified atom stereocenters. The number of fused-ring (bicyclic) bond motifs is 1. The van der Waals surface area contributed by atoms with E-state index in [0.717, 1.165) is 11.1 Å². The molecule has 74 heavy (non-hydrogen) atoms. The summed E-state index contributed by atoms with van der Waals surface area (Å²) in [5.41, 5.74) is 1.39. The van der Waals surface area contributed by atoms with Crippen LogP contribution in [0.5, 0.6) is 11.5 Å². The zero-order valence-electron chi connectivity index (χ0n) is 43.1. The molecule has 0 saturated carbocycles. The van der Waals surface area contributed by atoms with Crippen LogP contribution in [0.1, 0.15) is 97.7 Å². The molecule has 2 aliphatic rings. The van der Waals surface area contributed by atoms with Gasteiger partial charge in [-0.15, -0.1) is 0 Å². The molecule has 2 fully saturated rings. The monoisotopic (exact) mass is 1040 g/mol. The lowest BCUT2D eigenvalue weighted by Crippen LogP contribution is -2.33. The van der Waals surface area contributed by atoms with Gasteiger partial charge in [0.25, 0.3) is 11.5 Å². The number of rotatable bonds is 22. The van der Waals surface area contributed by atoms with E-state index in [1.54, 1.807) is 31.1 Å². The fourth-order valence-electron chi connectivity index (χ4n) is 7.90. The summed E-state index contributed by atoms with van der Waals surface area (Å²) in [5.74, 6) is 0.340. The number of phosphoric ester groups is 1. The number of aliphatic imine (C=N–C) groups is 1. The van der Waals surface area contributed by atoms with Crippen molar-refractivity contribution in [1.82, 2.24) is 39.0 Å². The van der Waals surface area contributed by atoms with Crippen molar-refractivity contribution in [2.75, 3.05) is 45.8 Å². The van der Waals surface area contributed by atoms with Gasteiger partial charge in [-0.1, -0.05) is 79.3 Å². The highest BCUT2D eigenvalue weighted by Gasteiger charge is 2.45. The molecule has 23 nitrogen and oxygen atoms in total. The lowest BCUT2D eigenvalue weighted by molar-refractivity contribution is -0.155. The number of hydrogen-bond acceptors (Lipinski definition) is 19. The van der Waals surface area contributed by atoms with E-state index in [0.29, 0.717) is 23.6 Å². The summed E-state index contributed by atoms with van der Waals surface area (Å²) >= 11 is 0. The number of phosphoric acid groups is 1. The second-order valence-corrected chi connectivity index (χ2v) is 21.6. The zero-order chi connectivity index (χ0) is 53.4. The van der Waals surface area contributed by atoms with E-state index < -0.39 is 75.1 Å². The number of carbonyl (C=O) groups is 1. The number of esters is 1. The Bertz CT molecular complexity index is 2990. The number of anilines is 1. The zero-order valence-corrected chi connectivity index (χ0v) is 43.9. The minimum atomic E-state index is -4.59. The van der Waals surface area contributed by atoms with E-state index in [2.05, 4.69) is 83.4 Å². The summed E-state index contributed by atoms with van der Waals surface area (Å²) in [5, 5.41) is 12.3. The van der Waals surface area contributed by atoms with Gasteiger partial charge in [0.2, 0.25) is 5.95 Å². The van der Waals surface area contributed by atoms with Gasteiger partial charge in [-0.25, -0.2) is 29.1 Å². The van der Waals surface area contributed by atoms with E-state index in [-0.39, 0.29) is 66.4 Å². The molecule has 5 aromatic rings. The van der Waals surface area contributed by atoms with Crippen molar-refractivity contribution >= 4 is 43.2 Å². The van der Waals surface area contributed by atoms with E-state index >= 15 is 0 Å². The molecule has 2 aliphatic heterocycles. The number of imidazole rings is 1. The number of benzene rings is 2. The molecule has 3 aromatic heterocycles. The van der Waals surface area contributed by atoms with Gasteiger partial charge in [-0.05, 0) is 52.6 Å².